The van der Waals surface area contributed by atoms with Gasteiger partial charge in [-0.1, -0.05) is 12.1 Å². The predicted molar refractivity (Wildman–Crippen MR) is 83.6 cm³/mol. The van der Waals surface area contributed by atoms with E-state index in [2.05, 4.69) is 15.6 Å². The van der Waals surface area contributed by atoms with Gasteiger partial charge in [-0.05, 0) is 30.7 Å². The van der Waals surface area contributed by atoms with E-state index in [1.54, 1.807) is 31.5 Å². The molecule has 0 saturated heterocycles. The Labute approximate surface area is 128 Å². The number of ether oxygens (including phenoxy) is 1. The molecule has 0 atom stereocenters. The van der Waals surface area contributed by atoms with Gasteiger partial charge in [-0.15, -0.1) is 0 Å². The summed E-state index contributed by atoms with van der Waals surface area (Å²) in [4.78, 5) is 16.1. The predicted octanol–water partition coefficient (Wildman–Crippen LogP) is 2.92. The number of benzene rings is 1. The topological polar surface area (TPSA) is 63.2 Å². The van der Waals surface area contributed by atoms with Crippen molar-refractivity contribution in [3.8, 4) is 0 Å². The molecule has 2 aromatic rings. The number of nitrogens with one attached hydrogen (secondary N) is 2. The van der Waals surface area contributed by atoms with Gasteiger partial charge >= 0.3 is 0 Å². The summed E-state index contributed by atoms with van der Waals surface area (Å²) in [5.41, 5.74) is 0.839. The Hall–Kier alpha value is -2.47. The lowest BCUT2D eigenvalue weighted by Gasteiger charge is -2.08. The molecule has 1 aromatic heterocycles. The zero-order chi connectivity index (χ0) is 15.8. The van der Waals surface area contributed by atoms with Crippen LogP contribution in [0, 0.1) is 5.82 Å². The van der Waals surface area contributed by atoms with Crippen LogP contribution in [0.3, 0.4) is 0 Å². The van der Waals surface area contributed by atoms with Crippen LogP contribution in [0.15, 0.2) is 42.6 Å². The van der Waals surface area contributed by atoms with E-state index in [1.807, 2.05) is 0 Å². The Morgan fingerprint density at radius 2 is 2.09 bits per heavy atom. The molecule has 5 nitrogen and oxygen atoms in total. The smallest absolute Gasteiger partial charge is 0.259 e. The second-order valence-electron chi connectivity index (χ2n) is 4.64. The van der Waals surface area contributed by atoms with E-state index < -0.39 is 11.7 Å². The average molecular weight is 303 g/mol. The van der Waals surface area contributed by atoms with Crippen LogP contribution in [0.2, 0.25) is 0 Å². The van der Waals surface area contributed by atoms with Gasteiger partial charge in [0.15, 0.2) is 0 Å². The molecular formula is C16H18FN3O2. The van der Waals surface area contributed by atoms with Crippen molar-refractivity contribution in [3.63, 3.8) is 0 Å². The van der Waals surface area contributed by atoms with Crippen LogP contribution in [0.4, 0.5) is 15.9 Å². The summed E-state index contributed by atoms with van der Waals surface area (Å²) < 4.78 is 18.5. The first-order valence-corrected chi connectivity index (χ1v) is 6.95. The molecule has 6 heteroatoms. The van der Waals surface area contributed by atoms with Gasteiger partial charge in [0, 0.05) is 20.3 Å². The molecule has 22 heavy (non-hydrogen) atoms. The minimum absolute atomic E-state index is 0.00827. The number of anilines is 2. The lowest BCUT2D eigenvalue weighted by atomic mass is 10.2. The van der Waals surface area contributed by atoms with E-state index in [9.17, 15) is 9.18 Å². The van der Waals surface area contributed by atoms with E-state index in [0.29, 0.717) is 12.4 Å². The third kappa shape index (κ3) is 4.53. The summed E-state index contributed by atoms with van der Waals surface area (Å²) in [6, 6.07) is 9.28. The monoisotopic (exact) mass is 303 g/mol. The van der Waals surface area contributed by atoms with Gasteiger partial charge in [-0.25, -0.2) is 9.37 Å². The second kappa shape index (κ2) is 8.09. The van der Waals surface area contributed by atoms with E-state index in [1.165, 1.54) is 18.2 Å². The molecule has 0 unspecified atom stereocenters. The molecule has 1 amide bonds. The van der Waals surface area contributed by atoms with Crippen molar-refractivity contribution in [2.24, 2.45) is 0 Å². The highest BCUT2D eigenvalue weighted by molar-refractivity contribution is 6.03. The zero-order valence-corrected chi connectivity index (χ0v) is 12.3. The zero-order valence-electron chi connectivity index (χ0n) is 12.3. The summed E-state index contributed by atoms with van der Waals surface area (Å²) >= 11 is 0. The molecule has 1 aromatic carbocycles. The van der Waals surface area contributed by atoms with E-state index >= 15 is 0 Å². The maximum absolute atomic E-state index is 13.5. The number of methoxy groups -OCH3 is 1. The number of nitrogens with zero attached hydrogens (tertiary/aromatic N) is 1. The molecule has 0 aliphatic rings. The molecule has 116 valence electrons. The van der Waals surface area contributed by atoms with Gasteiger partial charge in [-0.2, -0.15) is 0 Å². The van der Waals surface area contributed by atoms with Gasteiger partial charge in [-0.3, -0.25) is 4.79 Å². The summed E-state index contributed by atoms with van der Waals surface area (Å²) in [5, 5.41) is 5.75. The molecule has 1 heterocycles. The Bertz CT molecular complexity index is 617. The molecule has 0 spiro atoms. The second-order valence-corrected chi connectivity index (χ2v) is 4.64. The SMILES string of the molecule is COCCCNc1ccc(NC(=O)c2ccccc2F)nc1. The minimum Gasteiger partial charge on any atom is -0.385 e. The first-order valence-electron chi connectivity index (χ1n) is 6.95. The number of halogens is 1. The molecule has 2 N–H and O–H groups in total. The summed E-state index contributed by atoms with van der Waals surface area (Å²) in [5.74, 6) is -0.710. The minimum atomic E-state index is -0.559. The van der Waals surface area contributed by atoms with E-state index in [4.69, 9.17) is 4.74 Å². The van der Waals surface area contributed by atoms with Crippen LogP contribution in [-0.4, -0.2) is 31.2 Å². The number of aromatic nitrogens is 1. The summed E-state index contributed by atoms with van der Waals surface area (Å²) in [6.07, 6.45) is 2.51. The quantitative estimate of drug-likeness (QED) is 0.772. The van der Waals surface area contributed by atoms with Gasteiger partial charge in [0.25, 0.3) is 5.91 Å². The highest BCUT2D eigenvalue weighted by Gasteiger charge is 2.11. The Morgan fingerprint density at radius 3 is 2.77 bits per heavy atom. The van der Waals surface area contributed by atoms with Crippen molar-refractivity contribution in [2.75, 3.05) is 30.9 Å². The fourth-order valence-electron chi connectivity index (χ4n) is 1.85. The highest BCUT2D eigenvalue weighted by Crippen LogP contribution is 2.12. The molecule has 0 radical (unpaired) electrons. The number of pyridine rings is 1. The number of amides is 1. The van der Waals surface area contributed by atoms with Crippen molar-refractivity contribution < 1.29 is 13.9 Å². The molecule has 2 rings (SSSR count). The van der Waals surface area contributed by atoms with Crippen molar-refractivity contribution >= 4 is 17.4 Å². The molecule has 0 fully saturated rings. The first kappa shape index (κ1) is 15.9. The van der Waals surface area contributed by atoms with Gasteiger partial charge in [0.1, 0.15) is 11.6 Å². The number of rotatable bonds is 7. The van der Waals surface area contributed by atoms with Crippen molar-refractivity contribution in [1.29, 1.82) is 0 Å². The average Bonchev–Trinajstić information content (AvgIpc) is 2.53. The van der Waals surface area contributed by atoms with Crippen molar-refractivity contribution in [1.82, 2.24) is 4.98 Å². The van der Waals surface area contributed by atoms with Gasteiger partial charge in [0.2, 0.25) is 0 Å². The number of hydrogen-bond acceptors (Lipinski definition) is 4. The van der Waals surface area contributed by atoms with Crippen LogP contribution in [-0.2, 0) is 4.74 Å². The standard InChI is InChI=1S/C16H18FN3O2/c1-22-10-4-9-18-12-7-8-15(19-11-12)20-16(21)13-5-2-3-6-14(13)17/h2-3,5-8,11,18H,4,9-10H2,1H3,(H,19,20,21). The normalized spacial score (nSPS) is 10.3. The first-order chi connectivity index (χ1) is 10.7. The fourth-order valence-corrected chi connectivity index (χ4v) is 1.85. The third-order valence-corrected chi connectivity index (χ3v) is 2.98. The molecule has 0 saturated carbocycles. The van der Waals surface area contributed by atoms with E-state index in [-0.39, 0.29) is 5.56 Å². The molecular weight excluding hydrogens is 285 g/mol. The maximum atomic E-state index is 13.5. The Kier molecular flexibility index (Phi) is 5.85. The Morgan fingerprint density at radius 1 is 1.27 bits per heavy atom. The lowest BCUT2D eigenvalue weighted by Crippen LogP contribution is -2.14. The fraction of sp³-hybridized carbons (Fsp3) is 0.250. The largest absolute Gasteiger partial charge is 0.385 e. The lowest BCUT2D eigenvalue weighted by molar-refractivity contribution is 0.102. The van der Waals surface area contributed by atoms with Crippen molar-refractivity contribution in [3.05, 3.63) is 54.0 Å². The van der Waals surface area contributed by atoms with Crippen LogP contribution in [0.25, 0.3) is 0 Å². The maximum Gasteiger partial charge on any atom is 0.259 e. The van der Waals surface area contributed by atoms with Crippen LogP contribution in [0.5, 0.6) is 0 Å². The number of hydrogen-bond donors (Lipinski definition) is 2. The number of carbonyl (C=O) groups is 1. The van der Waals surface area contributed by atoms with Gasteiger partial charge in [0.05, 0.1) is 17.4 Å². The van der Waals surface area contributed by atoms with Crippen LogP contribution < -0.4 is 10.6 Å². The Balaban J connectivity index is 1.91. The summed E-state index contributed by atoms with van der Waals surface area (Å²) in [6.45, 7) is 1.47. The highest BCUT2D eigenvalue weighted by atomic mass is 19.1. The molecule has 0 bridgehead atoms. The van der Waals surface area contributed by atoms with Gasteiger partial charge < -0.3 is 15.4 Å². The number of carbonyl (C=O) groups excluding carboxylic acids is 1. The molecule has 0 aliphatic heterocycles. The third-order valence-electron chi connectivity index (χ3n) is 2.98. The van der Waals surface area contributed by atoms with Crippen LogP contribution in [0.1, 0.15) is 16.8 Å². The van der Waals surface area contributed by atoms with Crippen LogP contribution >= 0.6 is 0 Å². The molecule has 0 aliphatic carbocycles. The van der Waals surface area contributed by atoms with E-state index in [0.717, 1.165) is 18.7 Å². The summed E-state index contributed by atoms with van der Waals surface area (Å²) in [7, 11) is 1.66. The van der Waals surface area contributed by atoms with Crippen molar-refractivity contribution in [2.45, 2.75) is 6.42 Å².